The van der Waals surface area contributed by atoms with Gasteiger partial charge in [-0.15, -0.1) is 0 Å². The van der Waals surface area contributed by atoms with Crippen LogP contribution in [-0.4, -0.2) is 11.1 Å². The molecule has 0 spiro atoms. The average molecular weight is 264 g/mol. The Bertz CT molecular complexity index is 645. The Morgan fingerprint density at radius 2 is 1.89 bits per heavy atom. The third kappa shape index (κ3) is 2.62. The molecule has 4 nitrogen and oxygen atoms in total. The van der Waals surface area contributed by atoms with Crippen molar-refractivity contribution in [2.24, 2.45) is 0 Å². The Kier molecular flexibility index (Phi) is 3.33. The second kappa shape index (κ2) is 4.93. The van der Waals surface area contributed by atoms with E-state index >= 15 is 0 Å². The first-order valence-corrected chi connectivity index (χ1v) is 5.33. The Morgan fingerprint density at radius 1 is 1.16 bits per heavy atom. The van der Waals surface area contributed by atoms with Crippen LogP contribution in [0.15, 0.2) is 36.4 Å². The first kappa shape index (κ1) is 12.8. The van der Waals surface area contributed by atoms with Gasteiger partial charge in [0.15, 0.2) is 11.6 Å². The van der Waals surface area contributed by atoms with Gasteiger partial charge in [0.25, 0.3) is 0 Å². The summed E-state index contributed by atoms with van der Waals surface area (Å²) in [5.41, 5.74) is 5.62. The molecule has 6 heteroatoms. The number of nitrogens with two attached hydrogens (primary N) is 1. The summed E-state index contributed by atoms with van der Waals surface area (Å²) in [5.74, 6) is -3.31. The van der Waals surface area contributed by atoms with E-state index in [0.29, 0.717) is 0 Å². The van der Waals surface area contributed by atoms with E-state index in [1.165, 1.54) is 30.3 Å². The monoisotopic (exact) mass is 264 g/mol. The fraction of sp³-hybridized carbons (Fsp3) is 0. The molecule has 2 aromatic rings. The molecule has 0 heterocycles. The lowest BCUT2D eigenvalue weighted by atomic mass is 10.1. The molecule has 0 aliphatic carbocycles. The maximum atomic E-state index is 13.5. The molecule has 98 valence electrons. The van der Waals surface area contributed by atoms with E-state index in [4.69, 9.17) is 10.8 Å². The van der Waals surface area contributed by atoms with E-state index in [-0.39, 0.29) is 22.6 Å². The standard InChI is InChI=1S/C13H10F2N2O2/c14-9-2-1-3-11(12(9)15)17-10-5-4-7(16)6-8(10)13(18)19/h1-6,17H,16H2,(H,18,19). The molecule has 0 saturated heterocycles. The molecule has 2 aromatic carbocycles. The lowest BCUT2D eigenvalue weighted by Crippen LogP contribution is -2.05. The molecular formula is C13H10F2N2O2. The predicted octanol–water partition coefficient (Wildman–Crippen LogP) is 2.99. The molecule has 0 fully saturated rings. The number of hydrogen-bond acceptors (Lipinski definition) is 3. The van der Waals surface area contributed by atoms with E-state index in [1.807, 2.05) is 0 Å². The summed E-state index contributed by atoms with van der Waals surface area (Å²) in [5, 5.41) is 11.6. The molecular weight excluding hydrogens is 254 g/mol. The fourth-order valence-electron chi connectivity index (χ4n) is 1.59. The lowest BCUT2D eigenvalue weighted by molar-refractivity contribution is 0.0698. The second-order valence-corrected chi connectivity index (χ2v) is 3.84. The van der Waals surface area contributed by atoms with Gasteiger partial charge in [-0.25, -0.2) is 13.6 Å². The Balaban J connectivity index is 2.44. The molecule has 0 radical (unpaired) electrons. The van der Waals surface area contributed by atoms with Crippen LogP contribution in [0.3, 0.4) is 0 Å². The zero-order valence-electron chi connectivity index (χ0n) is 9.65. The number of rotatable bonds is 3. The summed E-state index contributed by atoms with van der Waals surface area (Å²) in [6.45, 7) is 0. The molecule has 0 unspecified atom stereocenters. The minimum absolute atomic E-state index is 0.122. The van der Waals surface area contributed by atoms with Crippen LogP contribution in [0.25, 0.3) is 0 Å². The summed E-state index contributed by atoms with van der Waals surface area (Å²) in [4.78, 5) is 11.1. The highest BCUT2D eigenvalue weighted by atomic mass is 19.2. The largest absolute Gasteiger partial charge is 0.478 e. The van der Waals surface area contributed by atoms with Crippen LogP contribution in [-0.2, 0) is 0 Å². The van der Waals surface area contributed by atoms with E-state index in [2.05, 4.69) is 5.32 Å². The SMILES string of the molecule is Nc1ccc(Nc2cccc(F)c2F)c(C(=O)O)c1. The number of anilines is 3. The maximum absolute atomic E-state index is 13.5. The number of nitrogens with one attached hydrogen (secondary N) is 1. The van der Waals surface area contributed by atoms with Crippen molar-refractivity contribution in [1.29, 1.82) is 0 Å². The molecule has 0 bridgehead atoms. The van der Waals surface area contributed by atoms with Crippen LogP contribution in [0.4, 0.5) is 25.8 Å². The fourth-order valence-corrected chi connectivity index (χ4v) is 1.59. The third-order valence-corrected chi connectivity index (χ3v) is 2.49. The maximum Gasteiger partial charge on any atom is 0.337 e. The van der Waals surface area contributed by atoms with E-state index in [9.17, 15) is 13.6 Å². The number of aromatic carboxylic acids is 1. The molecule has 0 aliphatic rings. The number of carboxylic acid groups (broad SMARTS) is 1. The number of hydrogen-bond donors (Lipinski definition) is 3. The first-order chi connectivity index (χ1) is 8.99. The number of nitrogen functional groups attached to an aromatic ring is 1. The van der Waals surface area contributed by atoms with Gasteiger partial charge in [-0.1, -0.05) is 6.07 Å². The van der Waals surface area contributed by atoms with E-state index < -0.39 is 17.6 Å². The van der Waals surface area contributed by atoms with Crippen molar-refractivity contribution in [2.75, 3.05) is 11.1 Å². The minimum atomic E-state index is -1.22. The Labute approximate surface area is 107 Å². The predicted molar refractivity (Wildman–Crippen MR) is 67.5 cm³/mol. The van der Waals surface area contributed by atoms with Crippen molar-refractivity contribution in [3.05, 3.63) is 53.6 Å². The van der Waals surface area contributed by atoms with Gasteiger partial charge in [-0.3, -0.25) is 0 Å². The number of carboxylic acids is 1. The van der Waals surface area contributed by atoms with Crippen LogP contribution in [0, 0.1) is 11.6 Å². The smallest absolute Gasteiger partial charge is 0.337 e. The van der Waals surface area contributed by atoms with Gasteiger partial charge in [0.2, 0.25) is 0 Å². The van der Waals surface area contributed by atoms with Crippen LogP contribution in [0.5, 0.6) is 0 Å². The molecule has 4 N–H and O–H groups in total. The molecule has 19 heavy (non-hydrogen) atoms. The summed E-state index contributed by atoms with van der Waals surface area (Å²) in [7, 11) is 0. The average Bonchev–Trinajstić information content (AvgIpc) is 2.36. The Hall–Kier alpha value is -2.63. The van der Waals surface area contributed by atoms with Gasteiger partial charge in [0, 0.05) is 5.69 Å². The molecule has 0 aromatic heterocycles. The van der Waals surface area contributed by atoms with Crippen LogP contribution in [0.2, 0.25) is 0 Å². The van der Waals surface area contributed by atoms with Crippen LogP contribution >= 0.6 is 0 Å². The molecule has 2 rings (SSSR count). The normalized spacial score (nSPS) is 10.2. The first-order valence-electron chi connectivity index (χ1n) is 5.33. The summed E-state index contributed by atoms with van der Waals surface area (Å²) in [6.07, 6.45) is 0. The van der Waals surface area contributed by atoms with Gasteiger partial charge >= 0.3 is 5.97 Å². The van der Waals surface area contributed by atoms with Crippen LogP contribution in [0.1, 0.15) is 10.4 Å². The molecule has 0 amide bonds. The minimum Gasteiger partial charge on any atom is -0.478 e. The van der Waals surface area contributed by atoms with Crippen molar-refractivity contribution in [3.63, 3.8) is 0 Å². The van der Waals surface area contributed by atoms with Crippen molar-refractivity contribution < 1.29 is 18.7 Å². The lowest BCUT2D eigenvalue weighted by Gasteiger charge is -2.11. The van der Waals surface area contributed by atoms with Gasteiger partial charge in [0.1, 0.15) is 0 Å². The van der Waals surface area contributed by atoms with Crippen molar-refractivity contribution >= 4 is 23.0 Å². The summed E-state index contributed by atoms with van der Waals surface area (Å²) >= 11 is 0. The highest BCUT2D eigenvalue weighted by Gasteiger charge is 2.13. The molecule has 0 saturated carbocycles. The van der Waals surface area contributed by atoms with E-state index in [1.54, 1.807) is 0 Å². The highest BCUT2D eigenvalue weighted by molar-refractivity contribution is 5.96. The second-order valence-electron chi connectivity index (χ2n) is 3.84. The van der Waals surface area contributed by atoms with Gasteiger partial charge in [0.05, 0.1) is 16.9 Å². The van der Waals surface area contributed by atoms with E-state index in [0.717, 1.165) is 6.07 Å². The zero-order chi connectivity index (χ0) is 14.0. The zero-order valence-corrected chi connectivity index (χ0v) is 9.65. The topological polar surface area (TPSA) is 75.3 Å². The van der Waals surface area contributed by atoms with Crippen molar-refractivity contribution in [3.8, 4) is 0 Å². The Morgan fingerprint density at radius 3 is 2.58 bits per heavy atom. The summed E-state index contributed by atoms with van der Waals surface area (Å²) in [6, 6.07) is 7.69. The summed E-state index contributed by atoms with van der Waals surface area (Å²) < 4.78 is 26.5. The van der Waals surface area contributed by atoms with Gasteiger partial charge in [-0.05, 0) is 30.3 Å². The number of halogens is 2. The van der Waals surface area contributed by atoms with Crippen molar-refractivity contribution in [1.82, 2.24) is 0 Å². The molecule has 0 atom stereocenters. The highest BCUT2D eigenvalue weighted by Crippen LogP contribution is 2.25. The van der Waals surface area contributed by atoms with Gasteiger partial charge < -0.3 is 16.2 Å². The number of benzene rings is 2. The molecule has 0 aliphatic heterocycles. The number of carbonyl (C=O) groups is 1. The quantitative estimate of drug-likeness (QED) is 0.745. The van der Waals surface area contributed by atoms with Gasteiger partial charge in [-0.2, -0.15) is 0 Å². The van der Waals surface area contributed by atoms with Crippen LogP contribution < -0.4 is 11.1 Å². The third-order valence-electron chi connectivity index (χ3n) is 2.49. The van der Waals surface area contributed by atoms with Crippen molar-refractivity contribution in [2.45, 2.75) is 0 Å².